The maximum atomic E-state index is 5.76. The monoisotopic (exact) mass is 264 g/mol. The lowest BCUT2D eigenvalue weighted by Gasteiger charge is -2.19. The van der Waals surface area contributed by atoms with Gasteiger partial charge in [-0.25, -0.2) is 0 Å². The molecule has 1 aliphatic rings. The van der Waals surface area contributed by atoms with Crippen LogP contribution in [0.1, 0.15) is 13.3 Å². The molecule has 106 valence electrons. The summed E-state index contributed by atoms with van der Waals surface area (Å²) in [5, 5.41) is 3.50. The Morgan fingerprint density at radius 1 is 1.21 bits per heavy atom. The Morgan fingerprint density at radius 3 is 2.68 bits per heavy atom. The van der Waals surface area contributed by atoms with Crippen LogP contribution in [0.5, 0.6) is 11.5 Å². The van der Waals surface area contributed by atoms with E-state index < -0.39 is 0 Å². The van der Waals surface area contributed by atoms with Crippen molar-refractivity contribution in [3.63, 3.8) is 0 Å². The third kappa shape index (κ3) is 4.73. The molecule has 1 aliphatic heterocycles. The number of hydrogen-bond donors (Lipinski definition) is 1. The van der Waals surface area contributed by atoms with E-state index in [0.717, 1.165) is 44.3 Å². The highest BCUT2D eigenvalue weighted by Crippen LogP contribution is 2.16. The van der Waals surface area contributed by atoms with Gasteiger partial charge in [-0.2, -0.15) is 0 Å². The van der Waals surface area contributed by atoms with Crippen LogP contribution < -0.4 is 14.8 Å². The van der Waals surface area contributed by atoms with Crippen molar-refractivity contribution in [2.75, 3.05) is 39.9 Å². The van der Waals surface area contributed by atoms with Crippen LogP contribution in [0.15, 0.2) is 24.3 Å². The topological polar surface area (TPSA) is 33.7 Å². The SMILES string of the molecule is COc1ccc(OCCN2CCNC(C)CC2)cc1. The minimum Gasteiger partial charge on any atom is -0.497 e. The number of ether oxygens (including phenoxy) is 2. The Hall–Kier alpha value is -1.26. The minimum atomic E-state index is 0.632. The van der Waals surface area contributed by atoms with Crippen LogP contribution in [0.2, 0.25) is 0 Å². The van der Waals surface area contributed by atoms with E-state index in [-0.39, 0.29) is 0 Å². The van der Waals surface area contributed by atoms with Crippen molar-refractivity contribution in [2.45, 2.75) is 19.4 Å². The Kier molecular flexibility index (Phi) is 5.48. The second-order valence-electron chi connectivity index (χ2n) is 5.01. The maximum absolute atomic E-state index is 5.76. The second kappa shape index (κ2) is 7.36. The van der Waals surface area contributed by atoms with Gasteiger partial charge in [0.25, 0.3) is 0 Å². The Balaban J connectivity index is 1.70. The maximum Gasteiger partial charge on any atom is 0.119 e. The molecule has 0 aromatic heterocycles. The first-order chi connectivity index (χ1) is 9.28. The summed E-state index contributed by atoms with van der Waals surface area (Å²) in [5.41, 5.74) is 0. The molecular formula is C15H24N2O2. The van der Waals surface area contributed by atoms with Crippen molar-refractivity contribution in [1.82, 2.24) is 10.2 Å². The normalized spacial score (nSPS) is 20.8. The van der Waals surface area contributed by atoms with E-state index >= 15 is 0 Å². The van der Waals surface area contributed by atoms with E-state index in [1.807, 2.05) is 24.3 Å². The van der Waals surface area contributed by atoms with Crippen molar-refractivity contribution in [2.24, 2.45) is 0 Å². The summed E-state index contributed by atoms with van der Waals surface area (Å²) in [6.45, 7) is 7.30. The number of hydrogen-bond acceptors (Lipinski definition) is 4. The zero-order valence-corrected chi connectivity index (χ0v) is 11.9. The minimum absolute atomic E-state index is 0.632. The first-order valence-electron chi connectivity index (χ1n) is 7.00. The zero-order chi connectivity index (χ0) is 13.5. The molecule has 1 aromatic carbocycles. The summed E-state index contributed by atoms with van der Waals surface area (Å²) >= 11 is 0. The highest BCUT2D eigenvalue weighted by molar-refractivity contribution is 5.31. The molecule has 1 saturated heterocycles. The lowest BCUT2D eigenvalue weighted by molar-refractivity contribution is 0.217. The van der Waals surface area contributed by atoms with Gasteiger partial charge in [0, 0.05) is 25.7 Å². The van der Waals surface area contributed by atoms with E-state index in [1.54, 1.807) is 7.11 Å². The average Bonchev–Trinajstić information content (AvgIpc) is 2.65. The first kappa shape index (κ1) is 14.2. The molecular weight excluding hydrogens is 240 g/mol. The van der Waals surface area contributed by atoms with Crippen LogP contribution in [0.4, 0.5) is 0 Å². The third-order valence-corrected chi connectivity index (χ3v) is 3.53. The van der Waals surface area contributed by atoms with Crippen LogP contribution in [0.25, 0.3) is 0 Å². The number of methoxy groups -OCH3 is 1. The molecule has 4 nitrogen and oxygen atoms in total. The van der Waals surface area contributed by atoms with Crippen LogP contribution >= 0.6 is 0 Å². The van der Waals surface area contributed by atoms with Crippen LogP contribution in [0.3, 0.4) is 0 Å². The number of nitrogens with one attached hydrogen (secondary N) is 1. The van der Waals surface area contributed by atoms with E-state index in [9.17, 15) is 0 Å². The quantitative estimate of drug-likeness (QED) is 0.878. The second-order valence-corrected chi connectivity index (χ2v) is 5.01. The van der Waals surface area contributed by atoms with Crippen molar-refractivity contribution >= 4 is 0 Å². The smallest absolute Gasteiger partial charge is 0.119 e. The Labute approximate surface area is 115 Å². The first-order valence-corrected chi connectivity index (χ1v) is 7.00. The molecule has 0 bridgehead atoms. The summed E-state index contributed by atoms with van der Waals surface area (Å²) < 4.78 is 10.9. The molecule has 0 amide bonds. The molecule has 1 heterocycles. The molecule has 0 aliphatic carbocycles. The molecule has 0 radical (unpaired) electrons. The van der Waals surface area contributed by atoms with Gasteiger partial charge in [-0.15, -0.1) is 0 Å². The summed E-state index contributed by atoms with van der Waals surface area (Å²) in [5.74, 6) is 1.77. The highest BCUT2D eigenvalue weighted by atomic mass is 16.5. The lowest BCUT2D eigenvalue weighted by Crippen LogP contribution is -2.32. The molecule has 1 atom stereocenters. The van der Waals surface area contributed by atoms with Crippen molar-refractivity contribution in [3.05, 3.63) is 24.3 Å². The molecule has 1 N–H and O–H groups in total. The molecule has 4 heteroatoms. The molecule has 2 rings (SSSR count). The Morgan fingerprint density at radius 2 is 1.95 bits per heavy atom. The number of benzene rings is 1. The van der Waals surface area contributed by atoms with Gasteiger partial charge in [-0.3, -0.25) is 4.90 Å². The average molecular weight is 264 g/mol. The predicted octanol–water partition coefficient (Wildman–Crippen LogP) is 1.76. The molecule has 0 saturated carbocycles. The third-order valence-electron chi connectivity index (χ3n) is 3.53. The fourth-order valence-electron chi connectivity index (χ4n) is 2.25. The van der Waals surface area contributed by atoms with Crippen LogP contribution in [0, 0.1) is 0 Å². The summed E-state index contributed by atoms with van der Waals surface area (Å²) in [7, 11) is 1.67. The van der Waals surface area contributed by atoms with E-state index in [4.69, 9.17) is 9.47 Å². The van der Waals surface area contributed by atoms with Gasteiger partial charge in [0.1, 0.15) is 18.1 Å². The van der Waals surface area contributed by atoms with Crippen LogP contribution in [-0.4, -0.2) is 50.8 Å². The van der Waals surface area contributed by atoms with Gasteiger partial charge in [0.05, 0.1) is 7.11 Å². The van der Waals surface area contributed by atoms with Gasteiger partial charge in [0.15, 0.2) is 0 Å². The van der Waals surface area contributed by atoms with E-state index in [0.29, 0.717) is 6.04 Å². The van der Waals surface area contributed by atoms with E-state index in [1.165, 1.54) is 6.42 Å². The fraction of sp³-hybridized carbons (Fsp3) is 0.600. The van der Waals surface area contributed by atoms with Crippen molar-refractivity contribution in [1.29, 1.82) is 0 Å². The molecule has 1 unspecified atom stereocenters. The molecule has 19 heavy (non-hydrogen) atoms. The number of rotatable bonds is 5. The Bertz CT molecular complexity index is 367. The predicted molar refractivity (Wildman–Crippen MR) is 77.0 cm³/mol. The van der Waals surface area contributed by atoms with Crippen molar-refractivity contribution in [3.8, 4) is 11.5 Å². The summed E-state index contributed by atoms with van der Waals surface area (Å²) in [6, 6.07) is 8.38. The fourth-order valence-corrected chi connectivity index (χ4v) is 2.25. The van der Waals surface area contributed by atoms with Crippen molar-refractivity contribution < 1.29 is 9.47 Å². The van der Waals surface area contributed by atoms with E-state index in [2.05, 4.69) is 17.1 Å². The largest absolute Gasteiger partial charge is 0.497 e. The van der Waals surface area contributed by atoms with Crippen LogP contribution in [-0.2, 0) is 0 Å². The van der Waals surface area contributed by atoms with Gasteiger partial charge < -0.3 is 14.8 Å². The molecule has 1 fully saturated rings. The molecule has 0 spiro atoms. The number of nitrogens with zero attached hydrogens (tertiary/aromatic N) is 1. The van der Waals surface area contributed by atoms with Gasteiger partial charge in [-0.05, 0) is 44.2 Å². The summed E-state index contributed by atoms with van der Waals surface area (Å²) in [4.78, 5) is 2.46. The standard InChI is InChI=1S/C15H24N2O2/c1-13-7-9-17(10-8-16-13)11-12-19-15-5-3-14(18-2)4-6-15/h3-6,13,16H,7-12H2,1-2H3. The van der Waals surface area contributed by atoms with Gasteiger partial charge >= 0.3 is 0 Å². The lowest BCUT2D eigenvalue weighted by atomic mass is 10.2. The zero-order valence-electron chi connectivity index (χ0n) is 11.9. The molecule has 1 aromatic rings. The van der Waals surface area contributed by atoms with Gasteiger partial charge in [-0.1, -0.05) is 0 Å². The highest BCUT2D eigenvalue weighted by Gasteiger charge is 2.12. The van der Waals surface area contributed by atoms with Gasteiger partial charge in [0.2, 0.25) is 0 Å². The summed E-state index contributed by atoms with van der Waals surface area (Å²) in [6.07, 6.45) is 1.21.